The Bertz CT molecular complexity index is 623. The number of benzene rings is 2. The third kappa shape index (κ3) is 3.29. The van der Waals surface area contributed by atoms with Gasteiger partial charge in [0, 0.05) is 0 Å². The zero-order chi connectivity index (χ0) is 14.4. The fourth-order valence-corrected chi connectivity index (χ4v) is 1.80. The van der Waals surface area contributed by atoms with Crippen LogP contribution in [-0.2, 0) is 0 Å². The molecular formula is C16H15FN2O. The van der Waals surface area contributed by atoms with Crippen molar-refractivity contribution in [2.75, 3.05) is 0 Å². The standard InChI is InChI=1S/C16H15FN2O/c1-2-15(12-8-4-3-5-9-12)18-19-16(20)13-10-6-7-11-14(13)17/h3-11H,2H2,1H3,(H,19,20). The third-order valence-electron chi connectivity index (χ3n) is 2.85. The minimum atomic E-state index is -0.557. The summed E-state index contributed by atoms with van der Waals surface area (Å²) >= 11 is 0. The molecule has 2 rings (SSSR count). The van der Waals surface area contributed by atoms with Crippen LogP contribution in [0.25, 0.3) is 0 Å². The van der Waals surface area contributed by atoms with E-state index in [0.717, 1.165) is 11.3 Å². The number of rotatable bonds is 4. The molecule has 0 saturated carbocycles. The number of carbonyl (C=O) groups is 1. The average molecular weight is 270 g/mol. The Morgan fingerprint density at radius 1 is 1.10 bits per heavy atom. The van der Waals surface area contributed by atoms with Gasteiger partial charge in [0.2, 0.25) is 0 Å². The number of hydrazone groups is 1. The summed E-state index contributed by atoms with van der Waals surface area (Å²) < 4.78 is 13.5. The predicted octanol–water partition coefficient (Wildman–Crippen LogP) is 3.37. The molecule has 0 radical (unpaired) electrons. The average Bonchev–Trinajstić information content (AvgIpc) is 2.49. The van der Waals surface area contributed by atoms with Crippen molar-refractivity contribution in [3.05, 3.63) is 71.5 Å². The molecule has 2 aromatic rings. The number of nitrogens with one attached hydrogen (secondary N) is 1. The SMILES string of the molecule is CCC(=NNC(=O)c1ccccc1F)c1ccccc1. The molecule has 0 aromatic heterocycles. The molecule has 2 aromatic carbocycles. The van der Waals surface area contributed by atoms with E-state index in [1.54, 1.807) is 6.07 Å². The van der Waals surface area contributed by atoms with Crippen LogP contribution >= 0.6 is 0 Å². The van der Waals surface area contributed by atoms with Gasteiger partial charge in [-0.05, 0) is 24.1 Å². The monoisotopic (exact) mass is 270 g/mol. The molecule has 4 heteroatoms. The third-order valence-corrected chi connectivity index (χ3v) is 2.85. The fourth-order valence-electron chi connectivity index (χ4n) is 1.80. The van der Waals surface area contributed by atoms with E-state index in [9.17, 15) is 9.18 Å². The molecule has 0 spiro atoms. The highest BCUT2D eigenvalue weighted by Crippen LogP contribution is 2.07. The van der Waals surface area contributed by atoms with Gasteiger partial charge in [-0.25, -0.2) is 9.82 Å². The molecule has 0 aliphatic heterocycles. The zero-order valence-electron chi connectivity index (χ0n) is 11.1. The minimum Gasteiger partial charge on any atom is -0.267 e. The first-order valence-electron chi connectivity index (χ1n) is 6.39. The molecule has 0 unspecified atom stereocenters. The molecule has 0 atom stereocenters. The topological polar surface area (TPSA) is 41.5 Å². The summed E-state index contributed by atoms with van der Waals surface area (Å²) in [5.41, 5.74) is 4.06. The number of carbonyl (C=O) groups excluding carboxylic acids is 1. The normalized spacial score (nSPS) is 11.2. The first kappa shape index (κ1) is 13.9. The number of amides is 1. The highest BCUT2D eigenvalue weighted by molar-refractivity contribution is 6.02. The summed E-state index contributed by atoms with van der Waals surface area (Å²) in [5, 5.41) is 4.08. The quantitative estimate of drug-likeness (QED) is 0.671. The highest BCUT2D eigenvalue weighted by Gasteiger charge is 2.10. The van der Waals surface area contributed by atoms with Crippen molar-refractivity contribution < 1.29 is 9.18 Å². The largest absolute Gasteiger partial charge is 0.274 e. The summed E-state index contributed by atoms with van der Waals surface area (Å²) in [7, 11) is 0. The lowest BCUT2D eigenvalue weighted by molar-refractivity contribution is 0.0951. The molecule has 0 aliphatic carbocycles. The second kappa shape index (κ2) is 6.61. The predicted molar refractivity (Wildman–Crippen MR) is 77.1 cm³/mol. The first-order valence-corrected chi connectivity index (χ1v) is 6.39. The summed E-state index contributed by atoms with van der Waals surface area (Å²) in [6, 6.07) is 15.4. The van der Waals surface area contributed by atoms with E-state index in [1.807, 2.05) is 37.3 Å². The van der Waals surface area contributed by atoms with Crippen molar-refractivity contribution in [3.63, 3.8) is 0 Å². The Balaban J connectivity index is 2.16. The second-order valence-electron chi connectivity index (χ2n) is 4.20. The molecule has 3 nitrogen and oxygen atoms in total. The van der Waals surface area contributed by atoms with Crippen molar-refractivity contribution in [2.24, 2.45) is 5.10 Å². The molecule has 1 amide bonds. The van der Waals surface area contributed by atoms with Crippen LogP contribution in [-0.4, -0.2) is 11.6 Å². The fraction of sp³-hybridized carbons (Fsp3) is 0.125. The molecule has 1 N–H and O–H groups in total. The van der Waals surface area contributed by atoms with E-state index >= 15 is 0 Å². The summed E-state index contributed by atoms with van der Waals surface area (Å²) in [4.78, 5) is 11.9. The Hall–Kier alpha value is -2.49. The van der Waals surface area contributed by atoms with E-state index in [1.165, 1.54) is 18.2 Å². The van der Waals surface area contributed by atoms with Crippen LogP contribution < -0.4 is 5.43 Å². The first-order chi connectivity index (χ1) is 9.72. The van der Waals surface area contributed by atoms with Gasteiger partial charge in [-0.1, -0.05) is 49.4 Å². The van der Waals surface area contributed by atoms with Gasteiger partial charge in [-0.15, -0.1) is 0 Å². The van der Waals surface area contributed by atoms with Crippen LogP contribution in [0.2, 0.25) is 0 Å². The molecule has 0 aliphatic rings. The number of hydrogen-bond acceptors (Lipinski definition) is 2. The number of nitrogens with zero attached hydrogens (tertiary/aromatic N) is 1. The minimum absolute atomic E-state index is 0.0141. The maximum absolute atomic E-state index is 13.5. The van der Waals surface area contributed by atoms with E-state index in [-0.39, 0.29) is 5.56 Å². The maximum Gasteiger partial charge on any atom is 0.274 e. The number of hydrogen-bond donors (Lipinski definition) is 1. The molecular weight excluding hydrogens is 255 g/mol. The van der Waals surface area contributed by atoms with Gasteiger partial charge in [-0.2, -0.15) is 5.10 Å². The van der Waals surface area contributed by atoms with E-state index < -0.39 is 11.7 Å². The van der Waals surface area contributed by atoms with Crippen LogP contribution in [0.5, 0.6) is 0 Å². The van der Waals surface area contributed by atoms with Crippen molar-refractivity contribution >= 4 is 11.6 Å². The van der Waals surface area contributed by atoms with Gasteiger partial charge in [0.05, 0.1) is 11.3 Å². The molecule has 20 heavy (non-hydrogen) atoms. The lowest BCUT2D eigenvalue weighted by atomic mass is 10.1. The van der Waals surface area contributed by atoms with Crippen molar-refractivity contribution in [3.8, 4) is 0 Å². The maximum atomic E-state index is 13.5. The van der Waals surface area contributed by atoms with Crippen LogP contribution in [0.15, 0.2) is 59.7 Å². The van der Waals surface area contributed by atoms with E-state index in [0.29, 0.717) is 6.42 Å². The van der Waals surface area contributed by atoms with Gasteiger partial charge in [0.25, 0.3) is 5.91 Å². The van der Waals surface area contributed by atoms with E-state index in [4.69, 9.17) is 0 Å². The molecule has 0 bridgehead atoms. The molecule has 0 saturated heterocycles. The Kier molecular flexibility index (Phi) is 4.60. The molecule has 102 valence electrons. The van der Waals surface area contributed by atoms with Crippen molar-refractivity contribution in [2.45, 2.75) is 13.3 Å². The van der Waals surface area contributed by atoms with Gasteiger partial charge in [0.1, 0.15) is 5.82 Å². The van der Waals surface area contributed by atoms with Crippen molar-refractivity contribution in [1.29, 1.82) is 0 Å². The summed E-state index contributed by atoms with van der Waals surface area (Å²) in [6.45, 7) is 1.95. The summed E-state index contributed by atoms with van der Waals surface area (Å²) in [5.74, 6) is -1.11. The molecule has 0 heterocycles. The van der Waals surface area contributed by atoms with Gasteiger partial charge in [-0.3, -0.25) is 4.79 Å². The molecule has 0 fully saturated rings. The second-order valence-corrected chi connectivity index (χ2v) is 4.20. The van der Waals surface area contributed by atoms with Crippen molar-refractivity contribution in [1.82, 2.24) is 5.43 Å². The summed E-state index contributed by atoms with van der Waals surface area (Å²) in [6.07, 6.45) is 0.668. The number of halogens is 1. The van der Waals surface area contributed by atoms with Crippen LogP contribution in [0.1, 0.15) is 29.3 Å². The Morgan fingerprint density at radius 3 is 2.40 bits per heavy atom. The highest BCUT2D eigenvalue weighted by atomic mass is 19.1. The lowest BCUT2D eigenvalue weighted by Crippen LogP contribution is -2.21. The van der Waals surface area contributed by atoms with Crippen LogP contribution in [0.3, 0.4) is 0 Å². The van der Waals surface area contributed by atoms with Gasteiger partial charge >= 0.3 is 0 Å². The Morgan fingerprint density at radius 2 is 1.75 bits per heavy atom. The van der Waals surface area contributed by atoms with Gasteiger partial charge in [0.15, 0.2) is 0 Å². The lowest BCUT2D eigenvalue weighted by Gasteiger charge is -2.05. The smallest absolute Gasteiger partial charge is 0.267 e. The van der Waals surface area contributed by atoms with E-state index in [2.05, 4.69) is 10.5 Å². The van der Waals surface area contributed by atoms with Crippen LogP contribution in [0.4, 0.5) is 4.39 Å². The zero-order valence-corrected chi connectivity index (χ0v) is 11.1. The van der Waals surface area contributed by atoms with Crippen LogP contribution in [0, 0.1) is 5.82 Å². The van der Waals surface area contributed by atoms with Gasteiger partial charge < -0.3 is 0 Å². The Labute approximate surface area is 117 Å².